The summed E-state index contributed by atoms with van der Waals surface area (Å²) in [5, 5.41) is 2.54. The maximum absolute atomic E-state index is 2.44. The van der Waals surface area contributed by atoms with Crippen molar-refractivity contribution < 1.29 is 0 Å². The summed E-state index contributed by atoms with van der Waals surface area (Å²) in [7, 11) is 0. The third-order valence-electron chi connectivity index (χ3n) is 10.4. The van der Waals surface area contributed by atoms with Crippen molar-refractivity contribution in [2.24, 2.45) is 5.92 Å². The number of allylic oxidation sites excluding steroid dienone is 5. The second kappa shape index (κ2) is 9.91. The van der Waals surface area contributed by atoms with E-state index in [1.807, 2.05) is 0 Å². The van der Waals surface area contributed by atoms with E-state index < -0.39 is 0 Å². The lowest BCUT2D eigenvalue weighted by molar-refractivity contribution is 0.660. The molecule has 214 valence electrons. The van der Waals surface area contributed by atoms with Gasteiger partial charge in [-0.05, 0) is 95.7 Å². The molecule has 0 fully saturated rings. The van der Waals surface area contributed by atoms with Crippen LogP contribution < -0.4 is 0 Å². The molecule has 9 rings (SSSR count). The molecule has 0 heteroatoms. The zero-order valence-corrected chi connectivity index (χ0v) is 25.7. The first kappa shape index (κ1) is 26.2. The van der Waals surface area contributed by atoms with E-state index in [0.717, 1.165) is 0 Å². The predicted octanol–water partition coefficient (Wildman–Crippen LogP) is 11.9. The molecule has 2 unspecified atom stereocenters. The largest absolute Gasteiger partial charge is 0.0761 e. The van der Waals surface area contributed by atoms with Gasteiger partial charge in [-0.2, -0.15) is 0 Å². The van der Waals surface area contributed by atoms with Gasteiger partial charge in [-0.25, -0.2) is 0 Å². The Balaban J connectivity index is 0.975. The number of benzene rings is 6. The average molecular weight is 575 g/mol. The first-order chi connectivity index (χ1) is 22.0. The smallest absolute Gasteiger partial charge is 0.0159 e. The summed E-state index contributed by atoms with van der Waals surface area (Å²) in [6, 6.07) is 47.4. The Morgan fingerprint density at radius 1 is 0.489 bits per heavy atom. The van der Waals surface area contributed by atoms with Gasteiger partial charge in [-0.3, -0.25) is 0 Å². The van der Waals surface area contributed by atoms with E-state index in [0.29, 0.717) is 11.8 Å². The molecule has 3 aliphatic rings. The zero-order chi connectivity index (χ0) is 30.1. The van der Waals surface area contributed by atoms with Crippen LogP contribution in [0, 0.1) is 5.92 Å². The van der Waals surface area contributed by atoms with Crippen molar-refractivity contribution in [3.63, 3.8) is 0 Å². The summed E-state index contributed by atoms with van der Waals surface area (Å²) in [4.78, 5) is 0. The molecule has 0 nitrogen and oxygen atoms in total. The monoisotopic (exact) mass is 574 g/mol. The second-order valence-corrected chi connectivity index (χ2v) is 13.4. The van der Waals surface area contributed by atoms with Gasteiger partial charge < -0.3 is 0 Å². The van der Waals surface area contributed by atoms with Gasteiger partial charge in [-0.1, -0.05) is 153 Å². The van der Waals surface area contributed by atoms with E-state index in [2.05, 4.69) is 172 Å². The molecule has 0 saturated carbocycles. The molecule has 0 aromatic heterocycles. The van der Waals surface area contributed by atoms with Gasteiger partial charge in [0.25, 0.3) is 0 Å². The fraction of sp³-hybridized carbons (Fsp3) is 0.111. The van der Waals surface area contributed by atoms with Crippen LogP contribution >= 0.6 is 0 Å². The minimum absolute atomic E-state index is 0.0121. The minimum Gasteiger partial charge on any atom is -0.0761 e. The molecule has 0 aliphatic heterocycles. The summed E-state index contributed by atoms with van der Waals surface area (Å²) in [6.07, 6.45) is 11.8. The highest BCUT2D eigenvalue weighted by Crippen LogP contribution is 2.49. The zero-order valence-electron chi connectivity index (χ0n) is 25.7. The fourth-order valence-corrected chi connectivity index (χ4v) is 7.91. The molecule has 6 aromatic rings. The first-order valence-electron chi connectivity index (χ1n) is 16.1. The standard InChI is InChI=1S/C45H34/c1-45(2)43-10-6-5-9-41(43)42-24-22-37(28-44(42)45)30-13-11-29(12-14-30)32-16-17-34-26-35(19-18-33(34)25-32)36-21-23-40-38(27-36)20-15-31-7-3-4-8-39(31)40/h3-28,38,40H,1-2H3. The van der Waals surface area contributed by atoms with Gasteiger partial charge in [-0.15, -0.1) is 0 Å². The Hall–Kier alpha value is -5.20. The van der Waals surface area contributed by atoms with Crippen LogP contribution in [-0.2, 0) is 5.41 Å². The normalized spacial score (nSPS) is 18.6. The Labute approximate surface area is 265 Å². The average Bonchev–Trinajstić information content (AvgIpc) is 3.33. The van der Waals surface area contributed by atoms with Crippen molar-refractivity contribution in [1.82, 2.24) is 0 Å². The van der Waals surface area contributed by atoms with Gasteiger partial charge in [0.1, 0.15) is 0 Å². The van der Waals surface area contributed by atoms with E-state index in [-0.39, 0.29) is 5.41 Å². The van der Waals surface area contributed by atoms with Crippen molar-refractivity contribution >= 4 is 22.4 Å². The maximum atomic E-state index is 2.44. The highest BCUT2D eigenvalue weighted by atomic mass is 14.4. The Bertz CT molecular complexity index is 2240. The Kier molecular flexibility index (Phi) is 5.77. The second-order valence-electron chi connectivity index (χ2n) is 13.4. The van der Waals surface area contributed by atoms with E-state index in [4.69, 9.17) is 0 Å². The van der Waals surface area contributed by atoms with E-state index in [1.165, 1.54) is 77.5 Å². The van der Waals surface area contributed by atoms with Crippen molar-refractivity contribution in [3.8, 4) is 33.4 Å². The van der Waals surface area contributed by atoms with Crippen LogP contribution in [0.1, 0.15) is 47.6 Å². The lowest BCUT2D eigenvalue weighted by Crippen LogP contribution is -2.14. The minimum atomic E-state index is 0.0121. The topological polar surface area (TPSA) is 0 Å². The van der Waals surface area contributed by atoms with Gasteiger partial charge in [0.15, 0.2) is 0 Å². The van der Waals surface area contributed by atoms with Crippen LogP contribution in [0.3, 0.4) is 0 Å². The van der Waals surface area contributed by atoms with Gasteiger partial charge in [0.05, 0.1) is 0 Å². The molecule has 0 heterocycles. The van der Waals surface area contributed by atoms with Crippen LogP contribution in [0.15, 0.2) is 152 Å². The maximum Gasteiger partial charge on any atom is 0.0159 e. The molecule has 2 atom stereocenters. The Morgan fingerprint density at radius 2 is 1.11 bits per heavy atom. The molecule has 0 saturated heterocycles. The van der Waals surface area contributed by atoms with Crippen LogP contribution in [0.2, 0.25) is 0 Å². The molecule has 0 bridgehead atoms. The molecular formula is C45H34. The third-order valence-corrected chi connectivity index (χ3v) is 10.4. The predicted molar refractivity (Wildman–Crippen MR) is 191 cm³/mol. The van der Waals surface area contributed by atoms with Crippen molar-refractivity contribution in [1.29, 1.82) is 0 Å². The number of hydrogen-bond acceptors (Lipinski definition) is 0. The van der Waals surface area contributed by atoms with Crippen LogP contribution in [-0.4, -0.2) is 0 Å². The SMILES string of the molecule is CC1(C)c2ccccc2-c2ccc(-c3ccc(-c4ccc5cc(C6=CC7C=Cc8ccccc8C7C=C6)ccc5c4)cc3)cc21. The van der Waals surface area contributed by atoms with Gasteiger partial charge in [0, 0.05) is 17.3 Å². The fourth-order valence-electron chi connectivity index (χ4n) is 7.91. The van der Waals surface area contributed by atoms with E-state index in [9.17, 15) is 0 Å². The molecular weight excluding hydrogens is 540 g/mol. The number of rotatable bonds is 3. The molecule has 0 spiro atoms. The van der Waals surface area contributed by atoms with Gasteiger partial charge >= 0.3 is 0 Å². The summed E-state index contributed by atoms with van der Waals surface area (Å²) < 4.78 is 0. The quantitative estimate of drug-likeness (QED) is 0.197. The summed E-state index contributed by atoms with van der Waals surface area (Å²) in [6.45, 7) is 4.69. The molecule has 0 radical (unpaired) electrons. The van der Waals surface area contributed by atoms with E-state index >= 15 is 0 Å². The molecule has 6 aromatic carbocycles. The lowest BCUT2D eigenvalue weighted by Gasteiger charge is -2.29. The molecule has 3 aliphatic carbocycles. The lowest BCUT2D eigenvalue weighted by atomic mass is 9.75. The summed E-state index contributed by atoms with van der Waals surface area (Å²) >= 11 is 0. The summed E-state index contributed by atoms with van der Waals surface area (Å²) in [5.41, 5.74) is 16.0. The first-order valence-corrected chi connectivity index (χ1v) is 16.1. The summed E-state index contributed by atoms with van der Waals surface area (Å²) in [5.74, 6) is 0.830. The molecule has 45 heavy (non-hydrogen) atoms. The molecule has 0 amide bonds. The van der Waals surface area contributed by atoms with E-state index in [1.54, 1.807) is 0 Å². The highest BCUT2D eigenvalue weighted by Gasteiger charge is 2.35. The van der Waals surface area contributed by atoms with Crippen LogP contribution in [0.25, 0.3) is 55.8 Å². The highest BCUT2D eigenvalue weighted by molar-refractivity contribution is 5.92. The number of hydrogen-bond donors (Lipinski definition) is 0. The van der Waals surface area contributed by atoms with Crippen LogP contribution in [0.4, 0.5) is 0 Å². The van der Waals surface area contributed by atoms with Gasteiger partial charge in [0.2, 0.25) is 0 Å². The third kappa shape index (κ3) is 4.20. The van der Waals surface area contributed by atoms with Crippen molar-refractivity contribution in [3.05, 3.63) is 180 Å². The Morgan fingerprint density at radius 3 is 1.93 bits per heavy atom. The van der Waals surface area contributed by atoms with Crippen molar-refractivity contribution in [2.75, 3.05) is 0 Å². The van der Waals surface area contributed by atoms with Crippen molar-refractivity contribution in [2.45, 2.75) is 25.2 Å². The number of fused-ring (bicyclic) bond motifs is 7. The van der Waals surface area contributed by atoms with Crippen LogP contribution in [0.5, 0.6) is 0 Å². The molecule has 0 N–H and O–H groups in total.